The largest absolute Gasteiger partial charge is 0.359 e. The molecule has 20 heavy (non-hydrogen) atoms. The minimum Gasteiger partial charge on any atom is -0.359 e. The van der Waals surface area contributed by atoms with Gasteiger partial charge in [-0.15, -0.1) is 0 Å². The zero-order valence-electron chi connectivity index (χ0n) is 11.3. The summed E-state index contributed by atoms with van der Waals surface area (Å²) < 4.78 is 0. The van der Waals surface area contributed by atoms with Gasteiger partial charge in [0, 0.05) is 11.6 Å². The molecule has 0 spiro atoms. The van der Waals surface area contributed by atoms with E-state index in [4.69, 9.17) is 23.8 Å². The van der Waals surface area contributed by atoms with Gasteiger partial charge in [-0.05, 0) is 42.4 Å². The Balaban J connectivity index is 1.83. The van der Waals surface area contributed by atoms with Crippen LogP contribution >= 0.6 is 23.8 Å². The number of halogens is 1. The van der Waals surface area contributed by atoms with Gasteiger partial charge < -0.3 is 10.6 Å². The van der Waals surface area contributed by atoms with Crippen molar-refractivity contribution < 1.29 is 0 Å². The highest BCUT2D eigenvalue weighted by atomic mass is 35.5. The number of thiocarbonyl (C=S) groups is 1. The van der Waals surface area contributed by atoms with Gasteiger partial charge in [-0.2, -0.15) is 0 Å². The van der Waals surface area contributed by atoms with E-state index < -0.39 is 0 Å². The third-order valence-electron chi connectivity index (χ3n) is 3.01. The molecule has 2 rings (SSSR count). The van der Waals surface area contributed by atoms with E-state index in [1.807, 2.05) is 42.5 Å². The molecular weight excluding hydrogens is 288 g/mol. The molecule has 0 unspecified atom stereocenters. The molecule has 0 aliphatic heterocycles. The van der Waals surface area contributed by atoms with E-state index in [1.165, 1.54) is 5.56 Å². The molecule has 0 saturated carbocycles. The average Bonchev–Trinajstić information content (AvgIpc) is 2.47. The van der Waals surface area contributed by atoms with Crippen LogP contribution in [0, 0.1) is 0 Å². The average molecular weight is 305 g/mol. The van der Waals surface area contributed by atoms with Crippen molar-refractivity contribution >= 4 is 28.9 Å². The second-order valence-corrected chi connectivity index (χ2v) is 5.43. The fourth-order valence-corrected chi connectivity index (χ4v) is 2.24. The Kier molecular flexibility index (Phi) is 5.39. The molecule has 2 N–H and O–H groups in total. The van der Waals surface area contributed by atoms with Gasteiger partial charge in [0.1, 0.15) is 0 Å². The van der Waals surface area contributed by atoms with E-state index in [0.29, 0.717) is 5.11 Å². The van der Waals surface area contributed by atoms with Gasteiger partial charge in [0.05, 0.1) is 6.04 Å². The zero-order chi connectivity index (χ0) is 14.4. The Hall–Kier alpha value is -1.58. The van der Waals surface area contributed by atoms with Gasteiger partial charge in [0.15, 0.2) is 5.11 Å². The third kappa shape index (κ3) is 4.51. The van der Waals surface area contributed by atoms with Gasteiger partial charge in [-0.1, -0.05) is 54.1 Å². The van der Waals surface area contributed by atoms with Crippen LogP contribution in [0.25, 0.3) is 0 Å². The number of benzene rings is 2. The van der Waals surface area contributed by atoms with Crippen molar-refractivity contribution in [1.29, 1.82) is 0 Å². The van der Waals surface area contributed by atoms with E-state index in [9.17, 15) is 0 Å². The highest BCUT2D eigenvalue weighted by Gasteiger charge is 2.06. The first kappa shape index (κ1) is 14.8. The van der Waals surface area contributed by atoms with Gasteiger partial charge in [0.2, 0.25) is 0 Å². The maximum atomic E-state index is 5.88. The Morgan fingerprint density at radius 2 is 1.75 bits per heavy atom. The van der Waals surface area contributed by atoms with E-state index >= 15 is 0 Å². The summed E-state index contributed by atoms with van der Waals surface area (Å²) >= 11 is 11.2. The van der Waals surface area contributed by atoms with Crippen molar-refractivity contribution in [3.05, 3.63) is 70.7 Å². The van der Waals surface area contributed by atoms with Crippen LogP contribution in [0.4, 0.5) is 0 Å². The Morgan fingerprint density at radius 3 is 2.40 bits per heavy atom. The van der Waals surface area contributed by atoms with E-state index in [0.717, 1.165) is 17.1 Å². The lowest BCUT2D eigenvalue weighted by Gasteiger charge is -2.17. The monoisotopic (exact) mass is 304 g/mol. The standard InChI is InChI=1S/C16H17ClN2S/c1-12(14-7-9-15(17)10-8-14)19-16(20)18-11-13-5-3-2-4-6-13/h2-10,12H,11H2,1H3,(H2,18,19,20)/t12-/m1/s1. The third-order valence-corrected chi connectivity index (χ3v) is 3.53. The Morgan fingerprint density at radius 1 is 1.10 bits per heavy atom. The molecular formula is C16H17ClN2S. The van der Waals surface area contributed by atoms with E-state index in [-0.39, 0.29) is 6.04 Å². The van der Waals surface area contributed by atoms with E-state index in [2.05, 4.69) is 29.7 Å². The topological polar surface area (TPSA) is 24.1 Å². The minimum absolute atomic E-state index is 0.142. The fraction of sp³-hybridized carbons (Fsp3) is 0.188. The van der Waals surface area contributed by atoms with Crippen LogP contribution in [-0.2, 0) is 6.54 Å². The normalized spacial score (nSPS) is 11.7. The van der Waals surface area contributed by atoms with Crippen LogP contribution in [0.15, 0.2) is 54.6 Å². The van der Waals surface area contributed by atoms with Crippen LogP contribution in [0.3, 0.4) is 0 Å². The summed E-state index contributed by atoms with van der Waals surface area (Å²) in [6.45, 7) is 2.79. The molecule has 0 amide bonds. The van der Waals surface area contributed by atoms with Crippen LogP contribution in [-0.4, -0.2) is 5.11 Å². The maximum absolute atomic E-state index is 5.88. The first-order valence-corrected chi connectivity index (χ1v) is 7.27. The van der Waals surface area contributed by atoms with Gasteiger partial charge in [-0.3, -0.25) is 0 Å². The summed E-state index contributed by atoms with van der Waals surface area (Å²) in [4.78, 5) is 0. The lowest BCUT2D eigenvalue weighted by atomic mass is 10.1. The fourth-order valence-electron chi connectivity index (χ4n) is 1.86. The lowest BCUT2D eigenvalue weighted by Crippen LogP contribution is -2.36. The summed E-state index contributed by atoms with van der Waals surface area (Å²) in [5.41, 5.74) is 2.36. The first-order chi connectivity index (χ1) is 9.65. The zero-order valence-corrected chi connectivity index (χ0v) is 12.8. The molecule has 0 fully saturated rings. The lowest BCUT2D eigenvalue weighted by molar-refractivity contribution is 0.698. The van der Waals surface area contributed by atoms with Gasteiger partial charge in [-0.25, -0.2) is 0 Å². The molecule has 104 valence electrons. The molecule has 0 heterocycles. The summed E-state index contributed by atoms with van der Waals surface area (Å²) in [7, 11) is 0. The second-order valence-electron chi connectivity index (χ2n) is 4.59. The SMILES string of the molecule is C[C@@H](NC(=S)NCc1ccccc1)c1ccc(Cl)cc1. The van der Waals surface area contributed by atoms with E-state index in [1.54, 1.807) is 0 Å². The molecule has 4 heteroatoms. The summed E-state index contributed by atoms with van der Waals surface area (Å²) in [5, 5.41) is 7.86. The first-order valence-electron chi connectivity index (χ1n) is 6.49. The van der Waals surface area contributed by atoms with Crippen molar-refractivity contribution in [3.63, 3.8) is 0 Å². The summed E-state index contributed by atoms with van der Waals surface area (Å²) in [6, 6.07) is 18.1. The molecule has 2 aromatic rings. The molecule has 2 nitrogen and oxygen atoms in total. The number of nitrogens with one attached hydrogen (secondary N) is 2. The summed E-state index contributed by atoms with van der Waals surface area (Å²) in [5.74, 6) is 0. The molecule has 2 aromatic carbocycles. The smallest absolute Gasteiger partial charge is 0.167 e. The highest BCUT2D eigenvalue weighted by Crippen LogP contribution is 2.15. The summed E-state index contributed by atoms with van der Waals surface area (Å²) in [6.07, 6.45) is 0. The predicted molar refractivity (Wildman–Crippen MR) is 88.9 cm³/mol. The van der Waals surface area contributed by atoms with Gasteiger partial charge >= 0.3 is 0 Å². The Bertz CT molecular complexity index is 554. The van der Waals surface area contributed by atoms with Crippen molar-refractivity contribution in [2.75, 3.05) is 0 Å². The molecule has 0 saturated heterocycles. The maximum Gasteiger partial charge on any atom is 0.167 e. The number of hydrogen-bond donors (Lipinski definition) is 2. The van der Waals surface area contributed by atoms with Crippen LogP contribution in [0.5, 0.6) is 0 Å². The minimum atomic E-state index is 0.142. The quantitative estimate of drug-likeness (QED) is 0.833. The van der Waals surface area contributed by atoms with Crippen LogP contribution in [0.1, 0.15) is 24.1 Å². The Labute approximate surface area is 130 Å². The van der Waals surface area contributed by atoms with Crippen molar-refractivity contribution in [3.8, 4) is 0 Å². The molecule has 0 bridgehead atoms. The molecule has 0 aliphatic carbocycles. The molecule has 0 aromatic heterocycles. The van der Waals surface area contributed by atoms with Crippen LogP contribution in [0.2, 0.25) is 5.02 Å². The molecule has 0 radical (unpaired) electrons. The molecule has 0 aliphatic rings. The number of hydrogen-bond acceptors (Lipinski definition) is 1. The van der Waals surface area contributed by atoms with Crippen LogP contribution < -0.4 is 10.6 Å². The second kappa shape index (κ2) is 7.27. The van der Waals surface area contributed by atoms with Crippen molar-refractivity contribution in [2.24, 2.45) is 0 Å². The number of rotatable bonds is 4. The predicted octanol–water partition coefficient (Wildman–Crippen LogP) is 4.07. The van der Waals surface area contributed by atoms with Gasteiger partial charge in [0.25, 0.3) is 0 Å². The molecule has 1 atom stereocenters. The van der Waals surface area contributed by atoms with Crippen molar-refractivity contribution in [2.45, 2.75) is 19.5 Å². The highest BCUT2D eigenvalue weighted by molar-refractivity contribution is 7.80. The van der Waals surface area contributed by atoms with Crippen molar-refractivity contribution in [1.82, 2.24) is 10.6 Å².